The Balaban J connectivity index is 1.79. The first kappa shape index (κ1) is 14.8. The van der Waals surface area contributed by atoms with Crippen molar-refractivity contribution in [3.8, 4) is 0 Å². The molecule has 1 aromatic rings. The van der Waals surface area contributed by atoms with E-state index >= 15 is 0 Å². The lowest BCUT2D eigenvalue weighted by molar-refractivity contribution is -0.138. The number of anilines is 1. The van der Waals surface area contributed by atoms with Gasteiger partial charge in [0.15, 0.2) is 0 Å². The lowest BCUT2D eigenvalue weighted by atomic mass is 10.3. The Labute approximate surface area is 119 Å². The van der Waals surface area contributed by atoms with Gasteiger partial charge >= 0.3 is 5.97 Å². The van der Waals surface area contributed by atoms with Gasteiger partial charge in [-0.2, -0.15) is 0 Å². The Morgan fingerprint density at radius 3 is 2.75 bits per heavy atom. The summed E-state index contributed by atoms with van der Waals surface area (Å²) in [6, 6.07) is 0. The molecule has 0 atom stereocenters. The van der Waals surface area contributed by atoms with Crippen LogP contribution in [0.15, 0.2) is 0 Å². The molecule has 0 saturated carbocycles. The molecular formula is C11H16N4O4S. The molecule has 2 N–H and O–H groups in total. The van der Waals surface area contributed by atoms with Crippen molar-refractivity contribution < 1.29 is 19.4 Å². The summed E-state index contributed by atoms with van der Waals surface area (Å²) in [7, 11) is 0. The van der Waals surface area contributed by atoms with Gasteiger partial charge in [-0.3, -0.25) is 14.5 Å². The number of carbonyl (C=O) groups is 2. The summed E-state index contributed by atoms with van der Waals surface area (Å²) in [6.07, 6.45) is -0.251. The second kappa shape index (κ2) is 7.27. The minimum atomic E-state index is -0.995. The Kier molecular flexibility index (Phi) is 5.39. The predicted molar refractivity (Wildman–Crippen MR) is 71.5 cm³/mol. The molecule has 1 fully saturated rings. The average molecular weight is 300 g/mol. The van der Waals surface area contributed by atoms with Crippen LogP contribution in [0, 0.1) is 0 Å². The molecule has 0 unspecified atom stereocenters. The van der Waals surface area contributed by atoms with Crippen molar-refractivity contribution in [2.45, 2.75) is 19.4 Å². The largest absolute Gasteiger partial charge is 0.481 e. The number of hydrogen-bond donors (Lipinski definition) is 2. The van der Waals surface area contributed by atoms with Gasteiger partial charge in [-0.15, -0.1) is 10.2 Å². The SMILES string of the molecule is O=C(O)CCC(=O)Nc1nnc(CN2CCOCC2)s1. The number of carboxylic acid groups (broad SMARTS) is 1. The summed E-state index contributed by atoms with van der Waals surface area (Å²) < 4.78 is 5.26. The van der Waals surface area contributed by atoms with Crippen molar-refractivity contribution in [2.75, 3.05) is 31.6 Å². The highest BCUT2D eigenvalue weighted by molar-refractivity contribution is 7.15. The van der Waals surface area contributed by atoms with Crippen LogP contribution in [0.25, 0.3) is 0 Å². The van der Waals surface area contributed by atoms with Crippen molar-refractivity contribution in [1.29, 1.82) is 0 Å². The van der Waals surface area contributed by atoms with E-state index in [-0.39, 0.29) is 18.7 Å². The Morgan fingerprint density at radius 1 is 1.30 bits per heavy atom. The van der Waals surface area contributed by atoms with Crippen LogP contribution in [0.2, 0.25) is 0 Å². The highest BCUT2D eigenvalue weighted by atomic mass is 32.1. The number of ether oxygens (including phenoxy) is 1. The molecule has 110 valence electrons. The minimum absolute atomic E-state index is 0.0618. The van der Waals surface area contributed by atoms with Crippen LogP contribution in [-0.2, 0) is 20.9 Å². The van der Waals surface area contributed by atoms with Crippen molar-refractivity contribution in [2.24, 2.45) is 0 Å². The van der Waals surface area contributed by atoms with Gasteiger partial charge in [0.1, 0.15) is 5.01 Å². The number of rotatable bonds is 6. The smallest absolute Gasteiger partial charge is 0.303 e. The zero-order valence-corrected chi connectivity index (χ0v) is 11.7. The first-order valence-corrected chi connectivity index (χ1v) is 7.09. The van der Waals surface area contributed by atoms with Crippen LogP contribution < -0.4 is 5.32 Å². The van der Waals surface area contributed by atoms with Gasteiger partial charge in [0.05, 0.1) is 26.2 Å². The molecule has 0 radical (unpaired) electrons. The third kappa shape index (κ3) is 4.83. The fourth-order valence-electron chi connectivity index (χ4n) is 1.72. The summed E-state index contributed by atoms with van der Waals surface area (Å²) in [4.78, 5) is 24.0. The molecule has 0 aliphatic carbocycles. The van der Waals surface area contributed by atoms with Gasteiger partial charge in [-0.1, -0.05) is 11.3 Å². The van der Waals surface area contributed by atoms with Gasteiger partial charge in [0, 0.05) is 19.5 Å². The van der Waals surface area contributed by atoms with Crippen LogP contribution in [0.1, 0.15) is 17.8 Å². The van der Waals surface area contributed by atoms with Crippen LogP contribution >= 0.6 is 11.3 Å². The minimum Gasteiger partial charge on any atom is -0.481 e. The second-order valence-electron chi connectivity index (χ2n) is 4.33. The predicted octanol–water partition coefficient (Wildman–Crippen LogP) is 0.174. The van der Waals surface area contributed by atoms with Crippen LogP contribution in [0.4, 0.5) is 5.13 Å². The monoisotopic (exact) mass is 300 g/mol. The highest BCUT2D eigenvalue weighted by Crippen LogP contribution is 2.17. The van der Waals surface area contributed by atoms with Gasteiger partial charge in [0.25, 0.3) is 0 Å². The van der Waals surface area contributed by atoms with E-state index < -0.39 is 5.97 Å². The number of amides is 1. The maximum Gasteiger partial charge on any atom is 0.303 e. The molecule has 0 spiro atoms. The standard InChI is InChI=1S/C11H16N4O4S/c16-8(1-2-10(17)18)12-11-14-13-9(20-11)7-15-3-5-19-6-4-15/h1-7H2,(H,17,18)(H,12,14,16). The summed E-state index contributed by atoms with van der Waals surface area (Å²) >= 11 is 1.31. The molecule has 1 aliphatic heterocycles. The lowest BCUT2D eigenvalue weighted by Crippen LogP contribution is -2.35. The maximum atomic E-state index is 11.5. The van der Waals surface area contributed by atoms with Crippen molar-refractivity contribution in [1.82, 2.24) is 15.1 Å². The third-order valence-electron chi connectivity index (χ3n) is 2.74. The second-order valence-corrected chi connectivity index (χ2v) is 5.39. The molecule has 1 amide bonds. The highest BCUT2D eigenvalue weighted by Gasteiger charge is 2.14. The summed E-state index contributed by atoms with van der Waals surface area (Å²) in [6.45, 7) is 3.85. The van der Waals surface area contributed by atoms with Crippen molar-refractivity contribution >= 4 is 28.3 Å². The van der Waals surface area contributed by atoms with E-state index in [0.29, 0.717) is 11.7 Å². The first-order chi connectivity index (χ1) is 9.63. The molecule has 2 heterocycles. The number of carbonyl (C=O) groups excluding carboxylic acids is 1. The normalized spacial score (nSPS) is 16.0. The fourth-order valence-corrected chi connectivity index (χ4v) is 2.52. The number of nitrogens with one attached hydrogen (secondary N) is 1. The fraction of sp³-hybridized carbons (Fsp3) is 0.636. The third-order valence-corrected chi connectivity index (χ3v) is 3.57. The van der Waals surface area contributed by atoms with E-state index in [1.807, 2.05) is 0 Å². The summed E-state index contributed by atoms with van der Waals surface area (Å²) in [5, 5.41) is 20.2. The van der Waals surface area contributed by atoms with Gasteiger partial charge < -0.3 is 15.2 Å². The van der Waals surface area contributed by atoms with Crippen LogP contribution in [0.3, 0.4) is 0 Å². The molecule has 1 saturated heterocycles. The topological polar surface area (TPSA) is 105 Å². The number of nitrogens with zero attached hydrogens (tertiary/aromatic N) is 3. The number of aliphatic carboxylic acids is 1. The number of carboxylic acids is 1. The lowest BCUT2D eigenvalue weighted by Gasteiger charge is -2.25. The quantitative estimate of drug-likeness (QED) is 0.771. The van der Waals surface area contributed by atoms with Crippen molar-refractivity contribution in [3.63, 3.8) is 0 Å². The summed E-state index contributed by atoms with van der Waals surface area (Å²) in [5.74, 6) is -1.35. The van der Waals surface area contributed by atoms with Crippen LogP contribution in [0.5, 0.6) is 0 Å². The Hall–Kier alpha value is -1.58. The zero-order valence-electron chi connectivity index (χ0n) is 10.9. The molecule has 20 heavy (non-hydrogen) atoms. The van der Waals surface area contributed by atoms with Gasteiger partial charge in [-0.05, 0) is 0 Å². The van der Waals surface area contributed by atoms with E-state index in [1.165, 1.54) is 11.3 Å². The van der Waals surface area contributed by atoms with Gasteiger partial charge in [0.2, 0.25) is 11.0 Å². The molecule has 8 nitrogen and oxygen atoms in total. The zero-order chi connectivity index (χ0) is 14.4. The molecule has 0 aromatic carbocycles. The Morgan fingerprint density at radius 2 is 2.05 bits per heavy atom. The van der Waals surface area contributed by atoms with E-state index in [1.54, 1.807) is 0 Å². The van der Waals surface area contributed by atoms with E-state index in [9.17, 15) is 9.59 Å². The van der Waals surface area contributed by atoms with E-state index in [0.717, 1.165) is 31.3 Å². The summed E-state index contributed by atoms with van der Waals surface area (Å²) in [5.41, 5.74) is 0. The van der Waals surface area contributed by atoms with Crippen LogP contribution in [-0.4, -0.2) is 58.4 Å². The molecule has 1 aromatic heterocycles. The molecule has 2 rings (SSSR count). The number of hydrogen-bond acceptors (Lipinski definition) is 7. The van der Waals surface area contributed by atoms with Gasteiger partial charge in [-0.25, -0.2) is 0 Å². The molecule has 0 bridgehead atoms. The first-order valence-electron chi connectivity index (χ1n) is 6.27. The number of aromatic nitrogens is 2. The molecular weight excluding hydrogens is 284 g/mol. The molecule has 9 heteroatoms. The average Bonchev–Trinajstić information content (AvgIpc) is 2.85. The van der Waals surface area contributed by atoms with Crippen molar-refractivity contribution in [3.05, 3.63) is 5.01 Å². The number of morpholine rings is 1. The maximum absolute atomic E-state index is 11.5. The molecule has 1 aliphatic rings. The van der Waals surface area contributed by atoms with E-state index in [4.69, 9.17) is 9.84 Å². The van der Waals surface area contributed by atoms with E-state index in [2.05, 4.69) is 20.4 Å². The Bertz CT molecular complexity index is 473.